The van der Waals surface area contributed by atoms with E-state index in [-0.39, 0.29) is 4.90 Å². The monoisotopic (exact) mass is 406 g/mol. The van der Waals surface area contributed by atoms with Crippen LogP contribution in [0.3, 0.4) is 0 Å². The Kier molecular flexibility index (Phi) is 7.27. The number of aliphatic imine (C=N–C) groups is 1. The number of rotatable bonds is 7. The highest BCUT2D eigenvalue weighted by atomic mass is 32.2. The molecule has 10 heteroatoms. The van der Waals surface area contributed by atoms with Crippen LogP contribution in [0, 0.1) is 25.3 Å². The SMILES string of the molecule is CNC(=NCCSCc1ncn(S(=O)(=O)c2ccc(C)cc2)c1C)NC#N. The largest absolute Gasteiger partial charge is 0.359 e. The van der Waals surface area contributed by atoms with Gasteiger partial charge in [-0.15, -0.1) is 0 Å². The predicted molar refractivity (Wildman–Crippen MR) is 107 cm³/mol. The zero-order valence-corrected chi connectivity index (χ0v) is 17.1. The number of hydrogen-bond donors (Lipinski definition) is 2. The molecule has 1 aromatic carbocycles. The fourth-order valence-corrected chi connectivity index (χ4v) is 4.45. The van der Waals surface area contributed by atoms with Gasteiger partial charge in [0.25, 0.3) is 10.0 Å². The van der Waals surface area contributed by atoms with Crippen LogP contribution in [-0.2, 0) is 15.8 Å². The van der Waals surface area contributed by atoms with Crippen molar-refractivity contribution >= 4 is 27.7 Å². The summed E-state index contributed by atoms with van der Waals surface area (Å²) in [4.78, 5) is 8.71. The van der Waals surface area contributed by atoms with Crippen molar-refractivity contribution in [2.24, 2.45) is 4.99 Å². The van der Waals surface area contributed by atoms with Gasteiger partial charge in [-0.2, -0.15) is 17.0 Å². The lowest BCUT2D eigenvalue weighted by molar-refractivity contribution is 0.586. The van der Waals surface area contributed by atoms with Crippen molar-refractivity contribution in [1.29, 1.82) is 5.26 Å². The molecule has 2 aromatic rings. The topological polar surface area (TPSA) is 112 Å². The zero-order valence-electron chi connectivity index (χ0n) is 15.4. The fraction of sp³-hybridized carbons (Fsp3) is 0.353. The lowest BCUT2D eigenvalue weighted by atomic mass is 10.2. The summed E-state index contributed by atoms with van der Waals surface area (Å²) >= 11 is 1.60. The van der Waals surface area contributed by atoms with Crippen LogP contribution in [0.1, 0.15) is 17.0 Å². The van der Waals surface area contributed by atoms with Crippen LogP contribution >= 0.6 is 11.8 Å². The van der Waals surface area contributed by atoms with Gasteiger partial charge < -0.3 is 5.32 Å². The number of benzene rings is 1. The second-order valence-corrected chi connectivity index (χ2v) is 8.58. The summed E-state index contributed by atoms with van der Waals surface area (Å²) in [5.41, 5.74) is 2.33. The summed E-state index contributed by atoms with van der Waals surface area (Å²) in [7, 11) is -1.96. The van der Waals surface area contributed by atoms with E-state index in [1.807, 2.05) is 6.92 Å². The molecular weight excluding hydrogens is 384 g/mol. The number of hydrogen-bond acceptors (Lipinski definition) is 6. The van der Waals surface area contributed by atoms with Crippen molar-refractivity contribution in [1.82, 2.24) is 19.6 Å². The van der Waals surface area contributed by atoms with Crippen LogP contribution in [0.15, 0.2) is 40.5 Å². The van der Waals surface area contributed by atoms with Crippen molar-refractivity contribution in [3.05, 3.63) is 47.5 Å². The van der Waals surface area contributed by atoms with Crippen LogP contribution in [0.5, 0.6) is 0 Å². The van der Waals surface area contributed by atoms with Gasteiger partial charge in [0, 0.05) is 18.6 Å². The van der Waals surface area contributed by atoms with Gasteiger partial charge in [-0.1, -0.05) is 17.7 Å². The Balaban J connectivity index is 2.01. The van der Waals surface area contributed by atoms with Gasteiger partial charge in [0.05, 0.1) is 22.8 Å². The first-order chi connectivity index (χ1) is 12.9. The second-order valence-electron chi connectivity index (χ2n) is 5.66. The van der Waals surface area contributed by atoms with E-state index < -0.39 is 10.0 Å². The maximum absolute atomic E-state index is 12.8. The highest BCUT2D eigenvalue weighted by Crippen LogP contribution is 2.20. The molecule has 0 aliphatic carbocycles. The molecule has 0 unspecified atom stereocenters. The van der Waals surface area contributed by atoms with Crippen molar-refractivity contribution < 1.29 is 8.42 Å². The Labute approximate surface area is 163 Å². The Morgan fingerprint density at radius 3 is 2.67 bits per heavy atom. The molecule has 0 spiro atoms. The van der Waals surface area contributed by atoms with Crippen LogP contribution < -0.4 is 10.6 Å². The average Bonchev–Trinajstić information content (AvgIpc) is 3.02. The van der Waals surface area contributed by atoms with Gasteiger partial charge in [-0.25, -0.2) is 17.4 Å². The first-order valence-electron chi connectivity index (χ1n) is 8.20. The van der Waals surface area contributed by atoms with Crippen molar-refractivity contribution in [2.45, 2.75) is 24.5 Å². The third-order valence-corrected chi connectivity index (χ3v) is 6.50. The zero-order chi connectivity index (χ0) is 19.9. The first kappa shape index (κ1) is 20.8. The molecule has 0 radical (unpaired) electrons. The number of aryl methyl sites for hydroxylation is 1. The van der Waals surface area contributed by atoms with Crippen LogP contribution in [-0.4, -0.2) is 42.7 Å². The molecule has 1 heterocycles. The maximum atomic E-state index is 12.8. The van der Waals surface area contributed by atoms with Crippen molar-refractivity contribution in [3.8, 4) is 6.19 Å². The summed E-state index contributed by atoms with van der Waals surface area (Å²) < 4.78 is 26.8. The minimum absolute atomic E-state index is 0.242. The normalized spacial score (nSPS) is 11.9. The number of nitriles is 1. The van der Waals surface area contributed by atoms with Gasteiger partial charge >= 0.3 is 0 Å². The van der Waals surface area contributed by atoms with E-state index in [0.717, 1.165) is 17.0 Å². The Bertz CT molecular complexity index is 943. The fourth-order valence-electron chi connectivity index (χ4n) is 2.26. The average molecular weight is 407 g/mol. The molecule has 27 heavy (non-hydrogen) atoms. The molecule has 0 aliphatic heterocycles. The Hall–Kier alpha value is -2.51. The van der Waals surface area contributed by atoms with Crippen LogP contribution in [0.4, 0.5) is 0 Å². The molecule has 0 saturated heterocycles. The molecule has 0 amide bonds. The molecule has 0 fully saturated rings. The Morgan fingerprint density at radius 1 is 1.33 bits per heavy atom. The van der Waals surface area contributed by atoms with E-state index >= 15 is 0 Å². The molecule has 8 nitrogen and oxygen atoms in total. The smallest absolute Gasteiger partial charge is 0.269 e. The summed E-state index contributed by atoms with van der Waals surface area (Å²) in [6.07, 6.45) is 3.16. The molecule has 1 aromatic heterocycles. The standard InChI is InChI=1S/C17H22N6O2S2/c1-13-4-6-15(7-5-13)27(24,25)23-12-22-16(14(23)2)10-26-9-8-20-17(19-3)21-11-18/h4-7,12H,8-10H2,1-3H3,(H2,19,20,21). The Morgan fingerprint density at radius 2 is 2.04 bits per heavy atom. The van der Waals surface area contributed by atoms with Gasteiger partial charge in [0.2, 0.25) is 5.96 Å². The molecule has 0 aliphatic rings. The predicted octanol–water partition coefficient (Wildman–Crippen LogP) is 1.62. The lowest BCUT2D eigenvalue weighted by Gasteiger charge is -2.08. The van der Waals surface area contributed by atoms with E-state index in [0.29, 0.717) is 24.0 Å². The second kappa shape index (κ2) is 9.43. The first-order valence-corrected chi connectivity index (χ1v) is 10.8. The number of nitrogens with zero attached hydrogens (tertiary/aromatic N) is 4. The van der Waals surface area contributed by atoms with E-state index in [1.165, 1.54) is 10.3 Å². The third-order valence-electron chi connectivity index (χ3n) is 3.80. The summed E-state index contributed by atoms with van der Waals surface area (Å²) in [6.45, 7) is 4.19. The van der Waals surface area contributed by atoms with Crippen LogP contribution in [0.25, 0.3) is 0 Å². The highest BCUT2D eigenvalue weighted by Gasteiger charge is 2.20. The van der Waals surface area contributed by atoms with E-state index in [1.54, 1.807) is 56.2 Å². The van der Waals surface area contributed by atoms with E-state index in [4.69, 9.17) is 5.26 Å². The third kappa shape index (κ3) is 5.24. The minimum Gasteiger partial charge on any atom is -0.359 e. The number of guanidine groups is 1. The van der Waals surface area contributed by atoms with Gasteiger partial charge in [0.15, 0.2) is 6.19 Å². The van der Waals surface area contributed by atoms with Crippen molar-refractivity contribution in [3.63, 3.8) is 0 Å². The highest BCUT2D eigenvalue weighted by molar-refractivity contribution is 7.98. The number of aromatic nitrogens is 2. The molecular formula is C17H22N6O2S2. The minimum atomic E-state index is -3.65. The van der Waals surface area contributed by atoms with Gasteiger partial charge in [-0.05, 0) is 26.0 Å². The van der Waals surface area contributed by atoms with E-state index in [2.05, 4.69) is 20.6 Å². The molecule has 2 N–H and O–H groups in total. The summed E-state index contributed by atoms with van der Waals surface area (Å²) in [5, 5.41) is 13.8. The maximum Gasteiger partial charge on any atom is 0.269 e. The molecule has 2 rings (SSSR count). The summed E-state index contributed by atoms with van der Waals surface area (Å²) in [6, 6.07) is 6.75. The summed E-state index contributed by atoms with van der Waals surface area (Å²) in [5.74, 6) is 1.72. The lowest BCUT2D eigenvalue weighted by Crippen LogP contribution is -2.31. The molecule has 0 bridgehead atoms. The van der Waals surface area contributed by atoms with Crippen molar-refractivity contribution in [2.75, 3.05) is 19.3 Å². The molecule has 144 valence electrons. The molecule has 0 atom stereocenters. The number of nitrogens with one attached hydrogen (secondary N) is 2. The van der Waals surface area contributed by atoms with Gasteiger partial charge in [0.1, 0.15) is 6.33 Å². The molecule has 0 saturated carbocycles. The van der Waals surface area contributed by atoms with Crippen LogP contribution in [0.2, 0.25) is 0 Å². The van der Waals surface area contributed by atoms with Gasteiger partial charge in [-0.3, -0.25) is 10.3 Å². The number of imidazole rings is 1. The number of thioether (sulfide) groups is 1. The quantitative estimate of drug-likeness (QED) is 0.236. The van der Waals surface area contributed by atoms with E-state index in [9.17, 15) is 8.42 Å².